The topological polar surface area (TPSA) is 64.6 Å². The number of rotatable bonds is 6. The second-order valence-electron chi connectivity index (χ2n) is 8.90. The van der Waals surface area contributed by atoms with Gasteiger partial charge < -0.3 is 20.0 Å². The van der Waals surface area contributed by atoms with Crippen LogP contribution in [0.5, 0.6) is 0 Å². The molecule has 2 aliphatic rings. The van der Waals surface area contributed by atoms with Crippen molar-refractivity contribution in [2.75, 3.05) is 57.5 Å². The fraction of sp³-hybridized carbons (Fsp3) is 0.542. The molecule has 1 saturated heterocycles. The Balaban J connectivity index is 1.41. The molecule has 1 fully saturated rings. The molecule has 7 nitrogen and oxygen atoms in total. The summed E-state index contributed by atoms with van der Waals surface area (Å²) in [5.41, 5.74) is 2.83. The minimum absolute atomic E-state index is 0.101. The number of para-hydroxylation sites is 1. The van der Waals surface area contributed by atoms with Crippen LogP contribution in [0.3, 0.4) is 0 Å². The van der Waals surface area contributed by atoms with Crippen LogP contribution >= 0.6 is 0 Å². The van der Waals surface area contributed by atoms with Crippen LogP contribution in [-0.4, -0.2) is 73.0 Å². The number of halogens is 1. The van der Waals surface area contributed by atoms with Crippen LogP contribution in [0.1, 0.15) is 42.3 Å². The molecule has 0 unspecified atom stereocenters. The Morgan fingerprint density at radius 1 is 1.28 bits per heavy atom. The summed E-state index contributed by atoms with van der Waals surface area (Å²) < 4.78 is 14.0. The number of benzene rings is 1. The predicted octanol–water partition coefficient (Wildman–Crippen LogP) is 2.88. The SMILES string of the molecule is CNc1nc([C@H]2CCCN(C(=O)CCN(C)c3ccccc3F)C2)nc2c1CCN(C)C2. The third-order valence-corrected chi connectivity index (χ3v) is 6.57. The number of piperidine rings is 1. The van der Waals surface area contributed by atoms with Gasteiger partial charge in [-0.05, 0) is 38.4 Å². The summed E-state index contributed by atoms with van der Waals surface area (Å²) in [6.45, 7) is 3.71. The van der Waals surface area contributed by atoms with Crippen molar-refractivity contribution in [3.8, 4) is 0 Å². The quantitative estimate of drug-likeness (QED) is 0.745. The Morgan fingerprint density at radius 2 is 2.09 bits per heavy atom. The van der Waals surface area contributed by atoms with Crippen molar-refractivity contribution in [1.29, 1.82) is 0 Å². The number of hydrogen-bond acceptors (Lipinski definition) is 6. The number of nitrogens with zero attached hydrogens (tertiary/aromatic N) is 5. The van der Waals surface area contributed by atoms with E-state index < -0.39 is 0 Å². The number of likely N-dealkylation sites (N-methyl/N-ethyl adjacent to an activating group) is 1. The lowest BCUT2D eigenvalue weighted by molar-refractivity contribution is -0.132. The van der Waals surface area contributed by atoms with Gasteiger partial charge in [-0.15, -0.1) is 0 Å². The van der Waals surface area contributed by atoms with Gasteiger partial charge in [0.2, 0.25) is 5.91 Å². The summed E-state index contributed by atoms with van der Waals surface area (Å²) in [6.07, 6.45) is 3.23. The van der Waals surface area contributed by atoms with Gasteiger partial charge in [0.05, 0.1) is 11.4 Å². The molecular weight excluding hydrogens is 407 g/mol. The Morgan fingerprint density at radius 3 is 2.88 bits per heavy atom. The zero-order valence-corrected chi connectivity index (χ0v) is 19.3. The number of likely N-dealkylation sites (tertiary alicyclic amines) is 1. The largest absolute Gasteiger partial charge is 0.373 e. The highest BCUT2D eigenvalue weighted by atomic mass is 19.1. The van der Waals surface area contributed by atoms with Crippen molar-refractivity contribution in [1.82, 2.24) is 19.8 Å². The second-order valence-corrected chi connectivity index (χ2v) is 8.90. The Labute approximate surface area is 189 Å². The molecule has 1 atom stereocenters. The summed E-state index contributed by atoms with van der Waals surface area (Å²) in [5, 5.41) is 3.25. The lowest BCUT2D eigenvalue weighted by atomic mass is 9.96. The predicted molar refractivity (Wildman–Crippen MR) is 124 cm³/mol. The normalized spacial score (nSPS) is 18.9. The minimum Gasteiger partial charge on any atom is -0.373 e. The van der Waals surface area contributed by atoms with Gasteiger partial charge in [-0.3, -0.25) is 4.79 Å². The molecule has 3 heterocycles. The smallest absolute Gasteiger partial charge is 0.224 e. The number of nitrogens with one attached hydrogen (secondary N) is 1. The monoisotopic (exact) mass is 440 g/mol. The van der Waals surface area contributed by atoms with Gasteiger partial charge in [0.1, 0.15) is 17.5 Å². The van der Waals surface area contributed by atoms with Gasteiger partial charge in [0, 0.05) is 64.7 Å². The van der Waals surface area contributed by atoms with E-state index in [1.807, 2.05) is 25.1 Å². The Hall–Kier alpha value is -2.74. The van der Waals surface area contributed by atoms with Gasteiger partial charge in [-0.2, -0.15) is 0 Å². The maximum absolute atomic E-state index is 14.0. The Bertz CT molecular complexity index is 968. The molecule has 0 spiro atoms. The highest BCUT2D eigenvalue weighted by molar-refractivity contribution is 5.77. The molecule has 8 heteroatoms. The first-order chi connectivity index (χ1) is 15.5. The third-order valence-electron chi connectivity index (χ3n) is 6.57. The molecule has 1 aromatic carbocycles. The van der Waals surface area contributed by atoms with Crippen LogP contribution in [0.25, 0.3) is 0 Å². The van der Waals surface area contributed by atoms with Gasteiger partial charge in [0.15, 0.2) is 0 Å². The number of carbonyl (C=O) groups excluding carboxylic acids is 1. The molecule has 0 radical (unpaired) electrons. The summed E-state index contributed by atoms with van der Waals surface area (Å²) in [6, 6.07) is 6.66. The molecular formula is C24H33FN6O. The molecule has 172 valence electrons. The fourth-order valence-electron chi connectivity index (χ4n) is 4.69. The third kappa shape index (κ3) is 4.85. The number of fused-ring (bicyclic) bond motifs is 1. The average Bonchev–Trinajstić information content (AvgIpc) is 2.81. The zero-order chi connectivity index (χ0) is 22.7. The van der Waals surface area contributed by atoms with Gasteiger partial charge >= 0.3 is 0 Å². The maximum atomic E-state index is 14.0. The summed E-state index contributed by atoms with van der Waals surface area (Å²) in [4.78, 5) is 28.7. The van der Waals surface area contributed by atoms with Crippen molar-refractivity contribution >= 4 is 17.4 Å². The molecule has 0 saturated carbocycles. The highest BCUT2D eigenvalue weighted by Crippen LogP contribution is 2.30. The maximum Gasteiger partial charge on any atom is 0.224 e. The van der Waals surface area contributed by atoms with Crippen LogP contribution in [0, 0.1) is 5.82 Å². The van der Waals surface area contributed by atoms with Gasteiger partial charge in [0.25, 0.3) is 0 Å². The van der Waals surface area contributed by atoms with Crippen LogP contribution in [0.2, 0.25) is 0 Å². The minimum atomic E-state index is -0.268. The van der Waals surface area contributed by atoms with E-state index >= 15 is 0 Å². The number of carbonyl (C=O) groups is 1. The van der Waals surface area contributed by atoms with Crippen LogP contribution < -0.4 is 10.2 Å². The van der Waals surface area contributed by atoms with Crippen molar-refractivity contribution in [2.24, 2.45) is 0 Å². The van der Waals surface area contributed by atoms with E-state index in [2.05, 4.69) is 17.3 Å². The van der Waals surface area contributed by atoms with E-state index in [1.165, 1.54) is 11.6 Å². The van der Waals surface area contributed by atoms with Crippen LogP contribution in [-0.2, 0) is 17.8 Å². The van der Waals surface area contributed by atoms with Crippen molar-refractivity contribution in [3.63, 3.8) is 0 Å². The molecule has 1 aromatic heterocycles. The van der Waals surface area contributed by atoms with Crippen molar-refractivity contribution in [3.05, 3.63) is 47.2 Å². The van der Waals surface area contributed by atoms with Gasteiger partial charge in [-0.25, -0.2) is 14.4 Å². The first kappa shape index (κ1) is 22.5. The van der Waals surface area contributed by atoms with E-state index in [1.54, 1.807) is 17.0 Å². The summed E-state index contributed by atoms with van der Waals surface area (Å²) in [7, 11) is 5.85. The van der Waals surface area contributed by atoms with Crippen molar-refractivity contribution < 1.29 is 9.18 Å². The number of amides is 1. The molecule has 32 heavy (non-hydrogen) atoms. The first-order valence-electron chi connectivity index (χ1n) is 11.5. The lowest BCUT2D eigenvalue weighted by Gasteiger charge is -2.33. The standard InChI is InChI=1S/C24H33FN6O/c1-26-24-18-10-13-29(2)16-20(18)27-23(28-24)17-7-6-12-31(15-17)22(32)11-14-30(3)21-9-5-4-8-19(21)25/h4-5,8-9,17H,6-7,10-16H2,1-3H3,(H,26,27,28)/t17-/m0/s1. The van der Waals surface area contributed by atoms with E-state index in [9.17, 15) is 9.18 Å². The molecule has 1 amide bonds. The van der Waals surface area contributed by atoms with Gasteiger partial charge in [-0.1, -0.05) is 12.1 Å². The summed E-state index contributed by atoms with van der Waals surface area (Å²) in [5.74, 6) is 1.74. The number of hydrogen-bond donors (Lipinski definition) is 1. The van der Waals surface area contributed by atoms with Crippen LogP contribution in [0.4, 0.5) is 15.9 Å². The number of anilines is 2. The zero-order valence-electron chi connectivity index (χ0n) is 19.3. The molecule has 2 aliphatic heterocycles. The lowest BCUT2D eigenvalue weighted by Crippen LogP contribution is -2.41. The average molecular weight is 441 g/mol. The first-order valence-corrected chi connectivity index (χ1v) is 11.5. The highest BCUT2D eigenvalue weighted by Gasteiger charge is 2.29. The molecule has 1 N–H and O–H groups in total. The van der Waals surface area contributed by atoms with Crippen LogP contribution in [0.15, 0.2) is 24.3 Å². The van der Waals surface area contributed by atoms with E-state index in [4.69, 9.17) is 9.97 Å². The second kappa shape index (κ2) is 9.81. The van der Waals surface area contributed by atoms with E-state index in [0.717, 1.165) is 56.2 Å². The molecule has 4 rings (SSSR count). The number of aromatic nitrogens is 2. The molecule has 2 aromatic rings. The fourth-order valence-corrected chi connectivity index (χ4v) is 4.69. The molecule has 0 bridgehead atoms. The van der Waals surface area contributed by atoms with E-state index in [0.29, 0.717) is 25.2 Å². The van der Waals surface area contributed by atoms with E-state index in [-0.39, 0.29) is 17.6 Å². The Kier molecular flexibility index (Phi) is 6.89. The molecule has 0 aliphatic carbocycles. The van der Waals surface area contributed by atoms with Crippen molar-refractivity contribution in [2.45, 2.75) is 38.1 Å². The summed E-state index contributed by atoms with van der Waals surface area (Å²) >= 11 is 0.